The zero-order valence-corrected chi connectivity index (χ0v) is 45.1. The molecule has 0 aromatic rings. The van der Waals surface area contributed by atoms with Gasteiger partial charge in [-0.15, -0.1) is 12.6 Å². The zero-order valence-electron chi connectivity index (χ0n) is 44.2. The molecule has 6 amide bonds. The molecule has 0 bridgehead atoms. The van der Waals surface area contributed by atoms with E-state index in [9.17, 15) is 78.0 Å². The van der Waals surface area contributed by atoms with Crippen LogP contribution in [0.3, 0.4) is 0 Å². The number of rotatable bonds is 51. The van der Waals surface area contributed by atoms with E-state index in [2.05, 4.69) is 44.5 Å². The lowest BCUT2D eigenvalue weighted by Crippen LogP contribution is -2.45. The second kappa shape index (κ2) is 45.1. The van der Waals surface area contributed by atoms with Gasteiger partial charge in [-0.2, -0.15) is 0 Å². The highest BCUT2D eigenvalue weighted by Gasteiger charge is 2.26. The fourth-order valence-corrected chi connectivity index (χ4v) is 7.64. The van der Waals surface area contributed by atoms with Crippen molar-refractivity contribution < 1.29 is 92.5 Å². The van der Waals surface area contributed by atoms with Gasteiger partial charge in [-0.1, -0.05) is 77.0 Å². The minimum absolute atomic E-state index is 0.00463. The Morgan fingerprint density at radius 3 is 1.09 bits per heavy atom. The summed E-state index contributed by atoms with van der Waals surface area (Å²) in [5, 5.41) is 60.7. The number of carbonyl (C=O) groups excluding carboxylic acids is 7. The number of carboxylic acids is 5. The van der Waals surface area contributed by atoms with Crippen LogP contribution in [0.25, 0.3) is 0 Å². The molecule has 0 heterocycles. The third-order valence-electron chi connectivity index (χ3n) is 12.0. The van der Waals surface area contributed by atoms with Crippen LogP contribution in [0.2, 0.25) is 0 Å². The molecule has 13 N–H and O–H groups in total. The number of carboxylic acid groups (broad SMARTS) is 5. The molecule has 26 nitrogen and oxygen atoms in total. The Kier molecular flexibility index (Phi) is 41.6. The highest BCUT2D eigenvalue weighted by molar-refractivity contribution is 7.96. The van der Waals surface area contributed by atoms with Crippen molar-refractivity contribution in [3.05, 3.63) is 0 Å². The van der Waals surface area contributed by atoms with E-state index in [1.807, 2.05) is 0 Å². The van der Waals surface area contributed by atoms with E-state index >= 15 is 0 Å². The van der Waals surface area contributed by atoms with Crippen molar-refractivity contribution in [1.82, 2.24) is 31.9 Å². The number of aliphatic carboxylic acids is 5. The van der Waals surface area contributed by atoms with E-state index in [1.165, 1.54) is 25.7 Å². The molecular formula is C50H85N7O19S. The van der Waals surface area contributed by atoms with Gasteiger partial charge in [-0.25, -0.2) is 19.2 Å². The van der Waals surface area contributed by atoms with Crippen LogP contribution in [-0.4, -0.2) is 166 Å². The Balaban J connectivity index is 4.29. The molecule has 0 aliphatic heterocycles. The maximum absolute atomic E-state index is 12.6. The Morgan fingerprint density at radius 2 is 0.701 bits per heavy atom. The molecule has 440 valence electrons. The molecule has 0 saturated heterocycles. The molecule has 0 rings (SSSR count). The highest BCUT2D eigenvalue weighted by Crippen LogP contribution is 2.14. The predicted octanol–water partition coefficient (Wildman–Crippen LogP) is 1.93. The maximum Gasteiger partial charge on any atom is 0.326 e. The largest absolute Gasteiger partial charge is 0.481 e. The molecule has 0 saturated carbocycles. The summed E-state index contributed by atoms with van der Waals surface area (Å²) in [6, 6.07) is -6.49. The first-order valence-corrected chi connectivity index (χ1v) is 27.0. The van der Waals surface area contributed by atoms with Crippen molar-refractivity contribution in [1.29, 1.82) is 0 Å². The summed E-state index contributed by atoms with van der Waals surface area (Å²) in [4.78, 5) is 143. The highest BCUT2D eigenvalue weighted by atomic mass is 32.1. The van der Waals surface area contributed by atoms with E-state index in [-0.39, 0.29) is 77.9 Å². The van der Waals surface area contributed by atoms with Gasteiger partial charge < -0.3 is 72.6 Å². The summed E-state index contributed by atoms with van der Waals surface area (Å²) >= 11 is 3.65. The minimum Gasteiger partial charge on any atom is -0.481 e. The van der Waals surface area contributed by atoms with Gasteiger partial charge in [0.25, 0.3) is 0 Å². The number of amides is 6. The van der Waals surface area contributed by atoms with Crippen molar-refractivity contribution in [2.75, 3.05) is 39.5 Å². The molecular weight excluding hydrogens is 1030 g/mol. The van der Waals surface area contributed by atoms with E-state index in [4.69, 9.17) is 20.3 Å². The summed E-state index contributed by atoms with van der Waals surface area (Å²) in [5.41, 5.74) is 5.59. The van der Waals surface area contributed by atoms with Crippen molar-refractivity contribution >= 4 is 83.0 Å². The molecule has 2 unspecified atom stereocenters. The van der Waals surface area contributed by atoms with Crippen LogP contribution in [0.15, 0.2) is 0 Å². The van der Waals surface area contributed by atoms with Gasteiger partial charge >= 0.3 is 29.8 Å². The number of hydrogen-bond donors (Lipinski definition) is 13. The van der Waals surface area contributed by atoms with Gasteiger partial charge in [0, 0.05) is 51.6 Å². The number of nitrogens with one attached hydrogen (secondary N) is 6. The normalized spacial score (nSPS) is 12.9. The fraction of sp³-hybridized carbons (Fsp3) is 0.760. The maximum atomic E-state index is 12.6. The quantitative estimate of drug-likeness (QED) is 0.0306. The smallest absolute Gasteiger partial charge is 0.326 e. The molecule has 0 radical (unpaired) electrons. The summed E-state index contributed by atoms with van der Waals surface area (Å²) in [5.74, 6) is -10.3. The van der Waals surface area contributed by atoms with Crippen molar-refractivity contribution in [3.63, 3.8) is 0 Å². The minimum atomic E-state index is -1.52. The Morgan fingerprint density at radius 1 is 0.364 bits per heavy atom. The number of carbonyl (C=O) groups is 12. The number of ether oxygens (including phenoxy) is 2. The summed E-state index contributed by atoms with van der Waals surface area (Å²) in [6.45, 7) is -0.482. The molecule has 0 fully saturated rings. The first-order valence-electron chi connectivity index (χ1n) is 26.6. The SMILES string of the molecule is N[C@@H](CCCCNC(=O)CC[C@H](NC(=O)CCC(NC(=O)COCCOCCNC(=O)CCC(NC(=O)CC[C@H](NC(=O)CCCCCCCCCCCCCCCCC(=O)O)C(=O)O)C(=O)O)C(=O)O)C(=O)O)C(=O)S. The lowest BCUT2D eigenvalue weighted by atomic mass is 10.0. The first-order chi connectivity index (χ1) is 36.6. The average molecular weight is 1120 g/mol. The molecule has 0 aliphatic carbocycles. The van der Waals surface area contributed by atoms with Gasteiger partial charge in [0.15, 0.2) is 0 Å². The predicted molar refractivity (Wildman–Crippen MR) is 280 cm³/mol. The van der Waals surface area contributed by atoms with Crippen molar-refractivity contribution in [2.45, 2.75) is 204 Å². The zero-order chi connectivity index (χ0) is 57.8. The second-order valence-corrected chi connectivity index (χ2v) is 19.1. The number of hydrogen-bond acceptors (Lipinski definition) is 15. The summed E-state index contributed by atoms with van der Waals surface area (Å²) in [7, 11) is 0. The average Bonchev–Trinajstić information content (AvgIpc) is 3.36. The summed E-state index contributed by atoms with van der Waals surface area (Å²) in [6.07, 6.45) is 13.4. The monoisotopic (exact) mass is 1120 g/mol. The van der Waals surface area contributed by atoms with Gasteiger partial charge in [0.1, 0.15) is 30.8 Å². The summed E-state index contributed by atoms with van der Waals surface area (Å²) < 4.78 is 10.5. The van der Waals surface area contributed by atoms with E-state index < -0.39 is 126 Å². The van der Waals surface area contributed by atoms with Crippen LogP contribution in [-0.2, 0) is 67.0 Å². The van der Waals surface area contributed by atoms with Crippen LogP contribution in [0.5, 0.6) is 0 Å². The molecule has 5 atom stereocenters. The van der Waals surface area contributed by atoms with Crippen LogP contribution in [0.1, 0.15) is 173 Å². The molecule has 0 aromatic carbocycles. The van der Waals surface area contributed by atoms with Crippen LogP contribution in [0.4, 0.5) is 0 Å². The number of unbranched alkanes of at least 4 members (excludes halogenated alkanes) is 14. The molecule has 27 heteroatoms. The Bertz CT molecular complexity index is 1840. The first kappa shape index (κ1) is 71.1. The lowest BCUT2D eigenvalue weighted by Gasteiger charge is -2.17. The lowest BCUT2D eigenvalue weighted by molar-refractivity contribution is -0.144. The molecule has 0 aromatic heterocycles. The van der Waals surface area contributed by atoms with Gasteiger partial charge in [0.2, 0.25) is 40.6 Å². The Labute approximate surface area is 455 Å². The molecule has 0 aliphatic rings. The van der Waals surface area contributed by atoms with Gasteiger partial charge in [0.05, 0.1) is 25.9 Å². The standard InChI is InChI=1S/C50H85N7O19S/c51-34(50(74)77)17-15-16-28-52-39(58)24-20-35(46(66)67)55-43(62)27-23-38(49(72)73)57-44(63)33-76-32-31-75-30-29-53-40(59)25-21-36(47(68)69)56-42(61)26-22-37(48(70)71)54-41(60)18-13-11-9-7-5-3-1-2-4-6-8-10-12-14-19-45(64)65/h34-38H,1-33,51H2,(H,52,58)(H,53,59)(H,54,60)(H,55,62)(H,56,61)(H,57,63)(H,64,65)(H,66,67)(H,68,69)(H,70,71)(H,72,73)(H,74,77)/t34-,35-,36?,37-,38?/m0/s1. The van der Waals surface area contributed by atoms with Gasteiger partial charge in [-0.05, 0) is 57.8 Å². The molecule has 0 spiro atoms. The third kappa shape index (κ3) is 41.9. The number of nitrogens with two attached hydrogens (primary N) is 1. The van der Waals surface area contributed by atoms with Crippen LogP contribution >= 0.6 is 12.6 Å². The number of thiol groups is 1. The Hall–Kier alpha value is -5.93. The topological polar surface area (TPSA) is 423 Å². The second-order valence-electron chi connectivity index (χ2n) is 18.6. The van der Waals surface area contributed by atoms with Crippen LogP contribution in [0, 0.1) is 0 Å². The van der Waals surface area contributed by atoms with E-state index in [0.717, 1.165) is 57.8 Å². The molecule has 77 heavy (non-hydrogen) atoms. The van der Waals surface area contributed by atoms with E-state index in [1.54, 1.807) is 0 Å². The van der Waals surface area contributed by atoms with Gasteiger partial charge in [-0.3, -0.25) is 38.4 Å². The third-order valence-corrected chi connectivity index (χ3v) is 12.3. The van der Waals surface area contributed by atoms with E-state index in [0.29, 0.717) is 25.7 Å². The van der Waals surface area contributed by atoms with Crippen molar-refractivity contribution in [3.8, 4) is 0 Å². The fourth-order valence-electron chi connectivity index (χ4n) is 7.51. The van der Waals surface area contributed by atoms with Crippen LogP contribution < -0.4 is 37.6 Å². The van der Waals surface area contributed by atoms with Crippen molar-refractivity contribution in [2.24, 2.45) is 5.73 Å².